The molecular weight excluding hydrogens is 316 g/mol. The molecule has 2 aliphatic rings. The van der Waals surface area contributed by atoms with E-state index in [-0.39, 0.29) is 23.4 Å². The van der Waals surface area contributed by atoms with E-state index in [0.717, 1.165) is 31.7 Å². The highest BCUT2D eigenvalue weighted by Crippen LogP contribution is 2.41. The van der Waals surface area contributed by atoms with Gasteiger partial charge in [0, 0.05) is 43.2 Å². The molecule has 3 atom stereocenters. The van der Waals surface area contributed by atoms with Gasteiger partial charge in [0.2, 0.25) is 0 Å². The average molecular weight is 338 g/mol. The number of esters is 1. The number of likely N-dealkylation sites (tertiary alicyclic amines) is 1. The summed E-state index contributed by atoms with van der Waals surface area (Å²) >= 11 is 0. The molecule has 1 saturated heterocycles. The minimum atomic E-state index is -0.525. The molecule has 2 bridgehead atoms. The third kappa shape index (κ3) is 2.89. The van der Waals surface area contributed by atoms with E-state index >= 15 is 0 Å². The van der Waals surface area contributed by atoms with Crippen LogP contribution in [0.5, 0.6) is 0 Å². The second-order valence-corrected chi connectivity index (χ2v) is 7.00. The average Bonchev–Trinajstić information content (AvgIpc) is 2.63. The van der Waals surface area contributed by atoms with Crippen LogP contribution in [-0.2, 0) is 16.1 Å². The van der Waals surface area contributed by atoms with Crippen molar-refractivity contribution in [3.05, 3.63) is 70.1 Å². The first-order chi connectivity index (χ1) is 12.2. The van der Waals surface area contributed by atoms with Crippen LogP contribution >= 0.6 is 0 Å². The maximum atomic E-state index is 12.4. The maximum absolute atomic E-state index is 12.4. The Labute approximate surface area is 146 Å². The van der Waals surface area contributed by atoms with E-state index in [2.05, 4.69) is 17.0 Å². The summed E-state index contributed by atoms with van der Waals surface area (Å²) < 4.78 is 6.70. The first kappa shape index (κ1) is 16.1. The van der Waals surface area contributed by atoms with Crippen molar-refractivity contribution in [3.8, 4) is 0 Å². The second kappa shape index (κ2) is 6.48. The monoisotopic (exact) mass is 338 g/mol. The van der Waals surface area contributed by atoms with Gasteiger partial charge in [-0.1, -0.05) is 36.4 Å². The normalized spacial score (nSPS) is 25.2. The fourth-order valence-corrected chi connectivity index (χ4v) is 4.42. The first-order valence-electron chi connectivity index (χ1n) is 8.73. The number of ether oxygens (including phenoxy) is 1. The van der Waals surface area contributed by atoms with Gasteiger partial charge >= 0.3 is 5.97 Å². The summed E-state index contributed by atoms with van der Waals surface area (Å²) in [5, 5.41) is 0. The molecule has 5 heteroatoms. The summed E-state index contributed by atoms with van der Waals surface area (Å²) in [5.41, 5.74) is 2.11. The molecule has 0 aliphatic carbocycles. The van der Waals surface area contributed by atoms with Crippen LogP contribution < -0.4 is 5.56 Å². The number of hydrogen-bond acceptors (Lipinski definition) is 4. The van der Waals surface area contributed by atoms with Gasteiger partial charge in [0.1, 0.15) is 6.04 Å². The number of pyridine rings is 1. The highest BCUT2D eigenvalue weighted by atomic mass is 16.5. The van der Waals surface area contributed by atoms with Gasteiger partial charge in [-0.2, -0.15) is 0 Å². The molecule has 1 fully saturated rings. The molecule has 2 aromatic rings. The lowest BCUT2D eigenvalue weighted by atomic mass is 9.78. The van der Waals surface area contributed by atoms with Crippen molar-refractivity contribution in [3.63, 3.8) is 0 Å². The van der Waals surface area contributed by atoms with Crippen molar-refractivity contribution in [2.24, 2.45) is 5.92 Å². The van der Waals surface area contributed by atoms with E-state index in [1.807, 2.05) is 24.3 Å². The minimum Gasteiger partial charge on any atom is -0.467 e. The Kier molecular flexibility index (Phi) is 4.17. The molecule has 0 saturated carbocycles. The minimum absolute atomic E-state index is 0.0995. The van der Waals surface area contributed by atoms with Crippen LogP contribution in [0.1, 0.15) is 29.6 Å². The molecule has 4 rings (SSSR count). The fraction of sp³-hybridized carbons (Fsp3) is 0.400. The quantitative estimate of drug-likeness (QED) is 0.805. The van der Waals surface area contributed by atoms with Gasteiger partial charge in [0.25, 0.3) is 5.56 Å². The summed E-state index contributed by atoms with van der Waals surface area (Å²) in [6, 6.07) is 15.1. The Bertz CT molecular complexity index is 830. The molecule has 5 nitrogen and oxygen atoms in total. The number of fused-ring (bicyclic) bond motifs is 4. The molecular formula is C20H22N2O3. The topological polar surface area (TPSA) is 51.5 Å². The summed E-state index contributed by atoms with van der Waals surface area (Å²) in [5.74, 6) is 0.0549. The number of rotatable bonds is 3. The van der Waals surface area contributed by atoms with Gasteiger partial charge in [0.05, 0.1) is 7.11 Å². The van der Waals surface area contributed by atoms with Crippen molar-refractivity contribution >= 4 is 5.97 Å². The first-order valence-corrected chi connectivity index (χ1v) is 8.73. The Morgan fingerprint density at radius 2 is 1.92 bits per heavy atom. The molecule has 130 valence electrons. The van der Waals surface area contributed by atoms with Crippen molar-refractivity contribution in [2.75, 3.05) is 20.2 Å². The second-order valence-electron chi connectivity index (χ2n) is 7.00. The number of nitrogens with zero attached hydrogens (tertiary/aromatic N) is 2. The molecule has 2 aliphatic heterocycles. The van der Waals surface area contributed by atoms with Crippen LogP contribution in [0.3, 0.4) is 0 Å². The zero-order valence-electron chi connectivity index (χ0n) is 14.3. The van der Waals surface area contributed by atoms with Crippen molar-refractivity contribution in [2.45, 2.75) is 24.9 Å². The van der Waals surface area contributed by atoms with Gasteiger partial charge in [-0.25, -0.2) is 4.79 Å². The Morgan fingerprint density at radius 1 is 1.12 bits per heavy atom. The summed E-state index contributed by atoms with van der Waals surface area (Å²) in [4.78, 5) is 27.3. The van der Waals surface area contributed by atoms with Crippen LogP contribution in [0.2, 0.25) is 0 Å². The predicted molar refractivity (Wildman–Crippen MR) is 94.3 cm³/mol. The molecule has 0 amide bonds. The van der Waals surface area contributed by atoms with Gasteiger partial charge < -0.3 is 4.74 Å². The number of aromatic nitrogens is 1. The standard InChI is InChI=1S/C20H22N2O3/c1-25-20(24)19-16-10-15(17-8-5-9-18(23)22(17)19)12-21(13-16)11-14-6-3-2-4-7-14/h2-9,15-16,19H,10-13H2,1H3/t15-,16+,19-/m1/s1. The Morgan fingerprint density at radius 3 is 2.68 bits per heavy atom. The number of carbonyl (C=O) groups excluding carboxylic acids is 1. The summed E-state index contributed by atoms with van der Waals surface area (Å²) in [6.45, 7) is 2.56. The van der Waals surface area contributed by atoms with E-state index < -0.39 is 6.04 Å². The van der Waals surface area contributed by atoms with E-state index in [9.17, 15) is 9.59 Å². The fourth-order valence-electron chi connectivity index (χ4n) is 4.42. The van der Waals surface area contributed by atoms with Gasteiger partial charge in [0.15, 0.2) is 0 Å². The lowest BCUT2D eigenvalue weighted by molar-refractivity contribution is -0.148. The van der Waals surface area contributed by atoms with Crippen LogP contribution in [0.25, 0.3) is 0 Å². The molecule has 1 aromatic carbocycles. The van der Waals surface area contributed by atoms with E-state index in [1.165, 1.54) is 18.7 Å². The molecule has 0 N–H and O–H groups in total. The molecule has 0 unspecified atom stereocenters. The number of hydrogen-bond donors (Lipinski definition) is 0. The molecule has 0 spiro atoms. The maximum Gasteiger partial charge on any atom is 0.329 e. The molecule has 3 heterocycles. The summed E-state index contributed by atoms with van der Waals surface area (Å²) in [6.07, 6.45) is 0.925. The van der Waals surface area contributed by atoms with E-state index in [0.29, 0.717) is 0 Å². The highest BCUT2D eigenvalue weighted by Gasteiger charge is 2.44. The van der Waals surface area contributed by atoms with Crippen molar-refractivity contribution in [1.82, 2.24) is 9.47 Å². The van der Waals surface area contributed by atoms with E-state index in [4.69, 9.17) is 4.74 Å². The van der Waals surface area contributed by atoms with Crippen LogP contribution in [0, 0.1) is 5.92 Å². The highest BCUT2D eigenvalue weighted by molar-refractivity contribution is 5.75. The smallest absolute Gasteiger partial charge is 0.329 e. The molecule has 25 heavy (non-hydrogen) atoms. The third-order valence-electron chi connectivity index (χ3n) is 5.41. The lowest BCUT2D eigenvalue weighted by Gasteiger charge is -2.45. The lowest BCUT2D eigenvalue weighted by Crippen LogP contribution is -2.51. The van der Waals surface area contributed by atoms with Crippen LogP contribution in [-0.4, -0.2) is 35.6 Å². The van der Waals surface area contributed by atoms with Crippen molar-refractivity contribution < 1.29 is 9.53 Å². The molecule has 1 aromatic heterocycles. The predicted octanol–water partition coefficient (Wildman–Crippen LogP) is 2.18. The SMILES string of the molecule is COC(=O)[C@H]1[C@H]2C[C@H](CN(Cc3ccccc3)C2)c2cccc(=O)n21. The largest absolute Gasteiger partial charge is 0.467 e. The third-order valence-corrected chi connectivity index (χ3v) is 5.41. The zero-order valence-corrected chi connectivity index (χ0v) is 14.3. The van der Waals surface area contributed by atoms with Gasteiger partial charge in [-0.05, 0) is 18.1 Å². The van der Waals surface area contributed by atoms with E-state index in [1.54, 1.807) is 10.6 Å². The van der Waals surface area contributed by atoms with Crippen LogP contribution in [0.4, 0.5) is 0 Å². The van der Waals surface area contributed by atoms with Crippen LogP contribution in [0.15, 0.2) is 53.3 Å². The van der Waals surface area contributed by atoms with Gasteiger partial charge in [-0.15, -0.1) is 0 Å². The Balaban J connectivity index is 1.69. The number of benzene rings is 1. The zero-order chi connectivity index (χ0) is 17.4. The number of methoxy groups -OCH3 is 1. The Hall–Kier alpha value is -2.40. The molecule has 0 radical (unpaired) electrons. The number of carbonyl (C=O) groups is 1. The summed E-state index contributed by atoms with van der Waals surface area (Å²) in [7, 11) is 1.40. The van der Waals surface area contributed by atoms with Crippen molar-refractivity contribution in [1.29, 1.82) is 0 Å². The number of piperidine rings is 1. The van der Waals surface area contributed by atoms with Gasteiger partial charge in [-0.3, -0.25) is 14.3 Å².